The van der Waals surface area contributed by atoms with E-state index in [4.69, 9.17) is 10.3 Å². The molecule has 0 fully saturated rings. The Bertz CT molecular complexity index is 527. The Hall–Kier alpha value is -2.24. The lowest BCUT2D eigenvalue weighted by molar-refractivity contribution is 0.0602. The van der Waals surface area contributed by atoms with Gasteiger partial charge in [0.05, 0.1) is 7.11 Å². The normalized spacial score (nSPS) is 10.4. The van der Waals surface area contributed by atoms with Crippen LogP contribution in [-0.2, 0) is 11.8 Å². The number of nitrogen functional groups attached to an aromatic ring is 1. The molecular weight excluding hydrogens is 210 g/mol. The molecule has 0 saturated heterocycles. The van der Waals surface area contributed by atoms with E-state index in [9.17, 15) is 4.79 Å². The third-order valence-corrected chi connectivity index (χ3v) is 2.21. The van der Waals surface area contributed by atoms with Crippen LogP contribution in [0.3, 0.4) is 0 Å². The van der Waals surface area contributed by atoms with E-state index in [0.717, 1.165) is 5.56 Å². The lowest BCUT2D eigenvalue weighted by Crippen LogP contribution is -2.04. The Labute approximate surface area is 91.6 Å². The number of rotatable bonds is 2. The Balaban J connectivity index is 2.53. The largest absolute Gasteiger partial charge is 0.465 e. The summed E-state index contributed by atoms with van der Waals surface area (Å²) in [7, 11) is 3.15. The van der Waals surface area contributed by atoms with Crippen molar-refractivity contribution in [2.75, 3.05) is 12.8 Å². The minimum atomic E-state index is -0.558. The zero-order chi connectivity index (χ0) is 11.7. The number of nitrogens with two attached hydrogens (primary N) is 1. The molecule has 0 aliphatic carbocycles. The highest BCUT2D eigenvalue weighted by atomic mass is 16.5. The molecule has 0 bridgehead atoms. The molecule has 0 saturated carbocycles. The molecule has 0 aliphatic heterocycles. The minimum Gasteiger partial charge on any atom is -0.465 e. The van der Waals surface area contributed by atoms with Crippen LogP contribution in [0.25, 0.3) is 11.3 Å². The summed E-state index contributed by atoms with van der Waals surface area (Å²) in [5, 5.41) is 3.75. The summed E-state index contributed by atoms with van der Waals surface area (Å²) in [5.74, 6) is -0.594. The maximum atomic E-state index is 11.5. The summed E-state index contributed by atoms with van der Waals surface area (Å²) in [6, 6.07) is 1.81. The molecule has 0 unspecified atom stereocenters. The van der Waals surface area contributed by atoms with E-state index in [1.807, 2.05) is 30.1 Å². The third-order valence-electron chi connectivity index (χ3n) is 2.21. The average Bonchev–Trinajstić information content (AvgIpc) is 2.83. The number of nitrogens with zero attached hydrogens (tertiary/aromatic N) is 2. The first-order valence-electron chi connectivity index (χ1n) is 4.59. The predicted molar refractivity (Wildman–Crippen MR) is 56.7 cm³/mol. The van der Waals surface area contributed by atoms with Crippen LogP contribution in [0.1, 0.15) is 10.4 Å². The fourth-order valence-corrected chi connectivity index (χ4v) is 1.44. The van der Waals surface area contributed by atoms with Gasteiger partial charge < -0.3 is 19.6 Å². The van der Waals surface area contributed by atoms with Gasteiger partial charge in [0.25, 0.3) is 0 Å². The SMILES string of the molecule is COC(=O)c1c(-c2ccn(C)c2)noc1N. The minimum absolute atomic E-state index is 0.0364. The Morgan fingerprint density at radius 1 is 1.62 bits per heavy atom. The van der Waals surface area contributed by atoms with Crippen molar-refractivity contribution in [1.82, 2.24) is 9.72 Å². The van der Waals surface area contributed by atoms with Crippen LogP contribution in [0.5, 0.6) is 0 Å². The number of aryl methyl sites for hydroxylation is 1. The van der Waals surface area contributed by atoms with Gasteiger partial charge >= 0.3 is 5.97 Å². The molecule has 0 radical (unpaired) electrons. The number of anilines is 1. The lowest BCUT2D eigenvalue weighted by Gasteiger charge is -1.97. The summed E-state index contributed by atoms with van der Waals surface area (Å²) in [4.78, 5) is 11.5. The molecule has 2 heterocycles. The van der Waals surface area contributed by atoms with Crippen molar-refractivity contribution in [2.45, 2.75) is 0 Å². The zero-order valence-electron chi connectivity index (χ0n) is 8.93. The fraction of sp³-hybridized carbons (Fsp3) is 0.200. The number of carbonyl (C=O) groups is 1. The van der Waals surface area contributed by atoms with Crippen LogP contribution in [0.2, 0.25) is 0 Å². The second-order valence-electron chi connectivity index (χ2n) is 3.33. The quantitative estimate of drug-likeness (QED) is 0.766. The van der Waals surface area contributed by atoms with Gasteiger partial charge in [0.15, 0.2) is 5.56 Å². The molecule has 84 valence electrons. The number of methoxy groups -OCH3 is 1. The average molecular weight is 221 g/mol. The van der Waals surface area contributed by atoms with Crippen molar-refractivity contribution >= 4 is 11.9 Å². The van der Waals surface area contributed by atoms with E-state index in [2.05, 4.69) is 9.89 Å². The highest BCUT2D eigenvalue weighted by Crippen LogP contribution is 2.27. The highest BCUT2D eigenvalue weighted by molar-refractivity contribution is 6.00. The summed E-state index contributed by atoms with van der Waals surface area (Å²) in [6.45, 7) is 0. The smallest absolute Gasteiger partial charge is 0.345 e. The van der Waals surface area contributed by atoms with Gasteiger partial charge in [-0.1, -0.05) is 5.16 Å². The number of carbonyl (C=O) groups excluding carboxylic acids is 1. The molecule has 0 spiro atoms. The Kier molecular flexibility index (Phi) is 2.40. The molecule has 2 N–H and O–H groups in total. The predicted octanol–water partition coefficient (Wildman–Crippen LogP) is 1.05. The third kappa shape index (κ3) is 1.54. The highest BCUT2D eigenvalue weighted by Gasteiger charge is 2.23. The van der Waals surface area contributed by atoms with Gasteiger partial charge in [-0.05, 0) is 6.07 Å². The number of esters is 1. The van der Waals surface area contributed by atoms with E-state index >= 15 is 0 Å². The monoisotopic (exact) mass is 221 g/mol. The van der Waals surface area contributed by atoms with E-state index in [1.54, 1.807) is 0 Å². The number of ether oxygens (including phenoxy) is 1. The lowest BCUT2D eigenvalue weighted by atomic mass is 10.1. The number of hydrogen-bond acceptors (Lipinski definition) is 5. The molecular formula is C10H11N3O3. The first kappa shape index (κ1) is 10.3. The van der Waals surface area contributed by atoms with Crippen molar-refractivity contribution in [3.05, 3.63) is 24.0 Å². The van der Waals surface area contributed by atoms with Crippen LogP contribution in [-0.4, -0.2) is 22.8 Å². The van der Waals surface area contributed by atoms with Crippen LogP contribution >= 0.6 is 0 Å². The first-order chi connectivity index (χ1) is 7.63. The van der Waals surface area contributed by atoms with Crippen LogP contribution in [0.15, 0.2) is 23.0 Å². The van der Waals surface area contributed by atoms with Gasteiger partial charge in [-0.2, -0.15) is 0 Å². The second-order valence-corrected chi connectivity index (χ2v) is 3.33. The Morgan fingerprint density at radius 2 is 2.38 bits per heavy atom. The molecule has 0 atom stereocenters. The van der Waals surface area contributed by atoms with Crippen molar-refractivity contribution in [1.29, 1.82) is 0 Å². The Morgan fingerprint density at radius 3 is 2.94 bits per heavy atom. The van der Waals surface area contributed by atoms with E-state index in [-0.39, 0.29) is 11.4 Å². The van der Waals surface area contributed by atoms with E-state index in [0.29, 0.717) is 5.69 Å². The topological polar surface area (TPSA) is 83.3 Å². The molecule has 2 aromatic heterocycles. The molecule has 0 aliphatic rings. The molecule has 16 heavy (non-hydrogen) atoms. The molecule has 2 aromatic rings. The fourth-order valence-electron chi connectivity index (χ4n) is 1.44. The summed E-state index contributed by atoms with van der Waals surface area (Å²) in [5.41, 5.74) is 6.83. The van der Waals surface area contributed by atoms with Crippen LogP contribution in [0.4, 0.5) is 5.88 Å². The van der Waals surface area contributed by atoms with Crippen molar-refractivity contribution in [2.24, 2.45) is 7.05 Å². The summed E-state index contributed by atoms with van der Waals surface area (Å²) >= 11 is 0. The number of hydrogen-bond donors (Lipinski definition) is 1. The zero-order valence-corrected chi connectivity index (χ0v) is 8.93. The van der Waals surface area contributed by atoms with Crippen molar-refractivity contribution in [3.63, 3.8) is 0 Å². The van der Waals surface area contributed by atoms with Gasteiger partial charge in [0.1, 0.15) is 5.69 Å². The van der Waals surface area contributed by atoms with Gasteiger partial charge in [0, 0.05) is 25.0 Å². The maximum absolute atomic E-state index is 11.5. The molecule has 0 amide bonds. The van der Waals surface area contributed by atoms with Crippen LogP contribution < -0.4 is 5.73 Å². The summed E-state index contributed by atoms with van der Waals surface area (Å²) < 4.78 is 11.3. The molecule has 0 aromatic carbocycles. The van der Waals surface area contributed by atoms with Gasteiger partial charge in [-0.3, -0.25) is 0 Å². The van der Waals surface area contributed by atoms with E-state index in [1.165, 1.54) is 7.11 Å². The second kappa shape index (κ2) is 3.73. The standard InChI is InChI=1S/C10H11N3O3/c1-13-4-3-6(5-13)8-7(10(14)15-2)9(11)16-12-8/h3-5H,11H2,1-2H3. The number of aromatic nitrogens is 2. The maximum Gasteiger partial charge on any atom is 0.345 e. The van der Waals surface area contributed by atoms with Crippen LogP contribution in [0, 0.1) is 0 Å². The van der Waals surface area contributed by atoms with Crippen molar-refractivity contribution in [3.8, 4) is 11.3 Å². The molecule has 6 heteroatoms. The van der Waals surface area contributed by atoms with Crippen molar-refractivity contribution < 1.29 is 14.1 Å². The van der Waals surface area contributed by atoms with Gasteiger partial charge in [0.2, 0.25) is 5.88 Å². The summed E-state index contributed by atoms with van der Waals surface area (Å²) in [6.07, 6.45) is 3.64. The molecule has 6 nitrogen and oxygen atoms in total. The van der Waals surface area contributed by atoms with Gasteiger partial charge in [-0.15, -0.1) is 0 Å². The molecule has 2 rings (SSSR count). The first-order valence-corrected chi connectivity index (χ1v) is 4.59. The van der Waals surface area contributed by atoms with Gasteiger partial charge in [-0.25, -0.2) is 4.79 Å². The van der Waals surface area contributed by atoms with E-state index < -0.39 is 5.97 Å².